The number of piperazine rings is 1. The maximum Gasteiger partial charge on any atom is 0.490 e. The molecule has 2 heterocycles. The number of carbonyl (C=O) groups is 2. The average Bonchev–Trinajstić information content (AvgIpc) is 2.85. The summed E-state index contributed by atoms with van der Waals surface area (Å²) in [7, 11) is 0. The number of carbonyl (C=O) groups excluding carboxylic acids is 1. The highest BCUT2D eigenvalue weighted by Gasteiger charge is 2.51. The number of nitrogens with one attached hydrogen (secondary N) is 2. The van der Waals surface area contributed by atoms with Gasteiger partial charge in [0.15, 0.2) is 0 Å². The largest absolute Gasteiger partial charge is 0.490 e. The number of amides is 1. The molecule has 212 valence electrons. The van der Waals surface area contributed by atoms with Gasteiger partial charge in [-0.25, -0.2) is 4.79 Å². The van der Waals surface area contributed by atoms with Gasteiger partial charge in [-0.05, 0) is 86.0 Å². The Morgan fingerprint density at radius 2 is 1.64 bits per heavy atom. The quantitative estimate of drug-likeness (QED) is 0.444. The number of pyridine rings is 1. The highest BCUT2D eigenvalue weighted by Crippen LogP contribution is 2.61. The van der Waals surface area contributed by atoms with Crippen LogP contribution in [0, 0.1) is 23.2 Å². The van der Waals surface area contributed by atoms with Gasteiger partial charge < -0.3 is 15.7 Å². The molecule has 0 atom stereocenters. The lowest BCUT2D eigenvalue weighted by Gasteiger charge is -2.56. The Balaban J connectivity index is 0.000000392. The van der Waals surface area contributed by atoms with Crippen molar-refractivity contribution < 1.29 is 27.9 Å². The lowest BCUT2D eigenvalue weighted by molar-refractivity contribution is -0.192. The SMILES string of the molecule is O=C(CC12CC3CC(CC(C3)C1)C2)Nc1c(Cl)ccc2nc(CN3CCNCC3)ccc12.O=C(O)C(F)(F)F. The molecule has 1 aliphatic heterocycles. The molecule has 1 aromatic carbocycles. The standard InChI is InChI=1S/C26H33ClN4O.C2HF3O2/c27-22-3-4-23-21(2-1-20(29-23)16-31-7-5-28-6-8-31)25(22)30-24(32)15-26-12-17-9-18(13-26)11-19(10-17)14-26;3-2(4,5)1(6)7/h1-4,17-19,28H,5-16H2,(H,30,32);(H,6,7). The summed E-state index contributed by atoms with van der Waals surface area (Å²) >= 11 is 6.56. The Labute approximate surface area is 230 Å². The molecule has 1 amide bonds. The first-order chi connectivity index (χ1) is 18.5. The van der Waals surface area contributed by atoms with Crippen molar-refractivity contribution in [3.63, 3.8) is 0 Å². The van der Waals surface area contributed by atoms with Crippen LogP contribution in [0.3, 0.4) is 0 Å². The van der Waals surface area contributed by atoms with E-state index in [-0.39, 0.29) is 11.3 Å². The Kier molecular flexibility index (Phi) is 8.08. The second kappa shape index (κ2) is 11.2. The molecule has 1 aromatic heterocycles. The molecule has 4 aliphatic carbocycles. The number of rotatable bonds is 5. The Morgan fingerprint density at radius 3 is 2.21 bits per heavy atom. The molecular weight excluding hydrogens is 533 g/mol. The first-order valence-electron chi connectivity index (χ1n) is 13.6. The van der Waals surface area contributed by atoms with Crippen molar-refractivity contribution in [2.45, 2.75) is 57.7 Å². The van der Waals surface area contributed by atoms with Crippen LogP contribution >= 0.6 is 11.6 Å². The normalized spacial score (nSPS) is 28.2. The fourth-order valence-electron chi connectivity index (χ4n) is 7.56. The number of anilines is 1. The smallest absolute Gasteiger partial charge is 0.475 e. The molecule has 39 heavy (non-hydrogen) atoms. The third kappa shape index (κ3) is 6.66. The van der Waals surface area contributed by atoms with E-state index in [1.165, 1.54) is 38.5 Å². The van der Waals surface area contributed by atoms with Crippen LogP contribution in [0.15, 0.2) is 24.3 Å². The molecule has 0 radical (unpaired) electrons. The molecule has 7 rings (SSSR count). The van der Waals surface area contributed by atoms with Gasteiger partial charge in [-0.1, -0.05) is 11.6 Å². The van der Waals surface area contributed by atoms with Gasteiger partial charge in [0.05, 0.1) is 21.9 Å². The van der Waals surface area contributed by atoms with Crippen LogP contribution in [0.1, 0.15) is 50.6 Å². The minimum Gasteiger partial charge on any atom is -0.475 e. The van der Waals surface area contributed by atoms with Crippen LogP contribution in [0.25, 0.3) is 10.9 Å². The number of alkyl halides is 3. The van der Waals surface area contributed by atoms with E-state index >= 15 is 0 Å². The predicted molar refractivity (Wildman–Crippen MR) is 142 cm³/mol. The fourth-order valence-corrected chi connectivity index (χ4v) is 7.78. The van der Waals surface area contributed by atoms with E-state index in [2.05, 4.69) is 27.7 Å². The molecule has 7 nitrogen and oxygen atoms in total. The number of carboxylic acid groups (broad SMARTS) is 1. The van der Waals surface area contributed by atoms with E-state index in [1.807, 2.05) is 12.1 Å². The van der Waals surface area contributed by atoms with Gasteiger partial charge >= 0.3 is 12.1 Å². The van der Waals surface area contributed by atoms with E-state index in [1.54, 1.807) is 0 Å². The van der Waals surface area contributed by atoms with Crippen LogP contribution in [-0.2, 0) is 16.1 Å². The zero-order chi connectivity index (χ0) is 27.8. The van der Waals surface area contributed by atoms with Crippen LogP contribution in [0.5, 0.6) is 0 Å². The lowest BCUT2D eigenvalue weighted by atomic mass is 9.49. The van der Waals surface area contributed by atoms with E-state index < -0.39 is 12.1 Å². The van der Waals surface area contributed by atoms with Gasteiger partial charge in [0.2, 0.25) is 5.91 Å². The summed E-state index contributed by atoms with van der Waals surface area (Å²) in [6.07, 6.45) is 3.48. The van der Waals surface area contributed by atoms with Gasteiger partial charge in [-0.2, -0.15) is 13.2 Å². The highest BCUT2D eigenvalue weighted by atomic mass is 35.5. The maximum atomic E-state index is 13.2. The zero-order valence-electron chi connectivity index (χ0n) is 21.7. The summed E-state index contributed by atoms with van der Waals surface area (Å²) in [5.41, 5.74) is 2.91. The van der Waals surface area contributed by atoms with Gasteiger partial charge in [0.25, 0.3) is 0 Å². The van der Waals surface area contributed by atoms with Crippen molar-refractivity contribution in [3.05, 3.63) is 35.0 Å². The summed E-state index contributed by atoms with van der Waals surface area (Å²) in [6.45, 7) is 5.01. The number of fused-ring (bicyclic) bond motifs is 1. The van der Waals surface area contributed by atoms with E-state index in [0.717, 1.165) is 72.8 Å². The molecule has 0 unspecified atom stereocenters. The number of carboxylic acids is 1. The van der Waals surface area contributed by atoms with Crippen molar-refractivity contribution in [3.8, 4) is 0 Å². The van der Waals surface area contributed by atoms with Crippen molar-refractivity contribution in [1.29, 1.82) is 0 Å². The van der Waals surface area contributed by atoms with Gasteiger partial charge in [-0.15, -0.1) is 0 Å². The van der Waals surface area contributed by atoms with E-state index in [4.69, 9.17) is 26.5 Å². The van der Waals surface area contributed by atoms with Crippen molar-refractivity contribution in [1.82, 2.24) is 15.2 Å². The molecule has 1 saturated heterocycles. The molecule has 5 fully saturated rings. The number of benzene rings is 1. The fraction of sp³-hybridized carbons (Fsp3) is 0.607. The topological polar surface area (TPSA) is 94.6 Å². The number of hydrogen-bond acceptors (Lipinski definition) is 5. The Hall–Kier alpha value is -2.43. The van der Waals surface area contributed by atoms with Gasteiger partial charge in [0, 0.05) is 44.5 Å². The number of hydrogen-bond donors (Lipinski definition) is 3. The molecule has 4 saturated carbocycles. The predicted octanol–water partition coefficient (Wildman–Crippen LogP) is 5.47. The van der Waals surface area contributed by atoms with E-state index in [0.29, 0.717) is 11.4 Å². The zero-order valence-corrected chi connectivity index (χ0v) is 22.5. The monoisotopic (exact) mass is 566 g/mol. The molecule has 0 spiro atoms. The molecule has 4 bridgehead atoms. The highest BCUT2D eigenvalue weighted by molar-refractivity contribution is 6.35. The lowest BCUT2D eigenvalue weighted by Crippen LogP contribution is -2.47. The van der Waals surface area contributed by atoms with E-state index in [9.17, 15) is 18.0 Å². The number of nitrogens with zero attached hydrogens (tertiary/aromatic N) is 2. The van der Waals surface area contributed by atoms with Crippen LogP contribution < -0.4 is 10.6 Å². The first-order valence-corrected chi connectivity index (χ1v) is 14.0. The number of aliphatic carboxylic acids is 1. The van der Waals surface area contributed by atoms with Crippen LogP contribution in [-0.4, -0.2) is 59.2 Å². The van der Waals surface area contributed by atoms with Crippen molar-refractivity contribution in [2.75, 3.05) is 31.5 Å². The van der Waals surface area contributed by atoms with Crippen LogP contribution in [0.2, 0.25) is 5.02 Å². The Morgan fingerprint density at radius 1 is 1.05 bits per heavy atom. The molecule has 5 aliphatic rings. The Bertz CT molecular complexity index is 1200. The molecular formula is C28H34ClF3N4O3. The summed E-state index contributed by atoms with van der Waals surface area (Å²) in [5.74, 6) is -0.0748. The minimum absolute atomic E-state index is 0.117. The number of halogens is 4. The third-order valence-corrected chi connectivity index (χ3v) is 9.00. The van der Waals surface area contributed by atoms with Gasteiger partial charge in [0.1, 0.15) is 0 Å². The maximum absolute atomic E-state index is 13.2. The summed E-state index contributed by atoms with van der Waals surface area (Å²) in [4.78, 5) is 29.4. The number of aromatic nitrogens is 1. The second-order valence-electron chi connectivity index (χ2n) is 11.8. The van der Waals surface area contributed by atoms with Gasteiger partial charge in [-0.3, -0.25) is 14.7 Å². The summed E-state index contributed by atoms with van der Waals surface area (Å²) < 4.78 is 31.7. The second-order valence-corrected chi connectivity index (χ2v) is 12.2. The van der Waals surface area contributed by atoms with Crippen molar-refractivity contribution in [2.24, 2.45) is 23.2 Å². The molecule has 2 aromatic rings. The molecule has 11 heteroatoms. The summed E-state index contributed by atoms with van der Waals surface area (Å²) in [6, 6.07) is 7.99. The van der Waals surface area contributed by atoms with Crippen molar-refractivity contribution >= 4 is 40.1 Å². The summed E-state index contributed by atoms with van der Waals surface area (Å²) in [5, 5.41) is 15.2. The average molecular weight is 567 g/mol. The third-order valence-electron chi connectivity index (χ3n) is 8.68. The molecule has 3 N–H and O–H groups in total. The van der Waals surface area contributed by atoms with Crippen LogP contribution in [0.4, 0.5) is 18.9 Å². The first kappa shape index (κ1) is 28.1. The minimum atomic E-state index is -5.08.